The van der Waals surface area contributed by atoms with E-state index >= 15 is 0 Å². The largest absolute Gasteiger partial charge is 0.477 e. The molecule has 30 heavy (non-hydrogen) atoms. The third kappa shape index (κ3) is 2.69. The number of nitrogens with zero attached hydrogens (tertiary/aromatic N) is 2. The number of carboxylic acid groups (broad SMARTS) is 1. The van der Waals surface area contributed by atoms with Crippen molar-refractivity contribution in [2.24, 2.45) is 5.41 Å². The van der Waals surface area contributed by atoms with Crippen molar-refractivity contribution in [3.8, 4) is 22.8 Å². The molecule has 0 aliphatic carbocycles. The number of hydrogen-bond acceptors (Lipinski definition) is 5. The van der Waals surface area contributed by atoms with Gasteiger partial charge in [-0.1, -0.05) is 32.9 Å². The van der Waals surface area contributed by atoms with Gasteiger partial charge in [0.15, 0.2) is 23.3 Å². The molecule has 0 saturated carbocycles. The molecule has 0 radical (unpaired) electrons. The number of fused-ring (bicyclic) bond motifs is 5. The standard InChI is InChI=1S/C23H20N2O5/c1-23(2,3)20-7-14-13-5-4-12(19-9-24-11-29-19)6-18(13)30-21(14)16-8-17(26)15(22(27)28)10-25(16)20/h4-6,8-11,20H,7H2,1-3H3,(H,27,28)/t20-/m0/s1. The number of carboxylic acids is 1. The molecule has 7 nitrogen and oxygen atoms in total. The Morgan fingerprint density at radius 1 is 1.27 bits per heavy atom. The fraction of sp³-hybridized carbons (Fsp3) is 0.261. The number of benzene rings is 1. The van der Waals surface area contributed by atoms with Crippen LogP contribution in [0.25, 0.3) is 33.7 Å². The minimum atomic E-state index is -1.23. The Morgan fingerprint density at radius 3 is 2.73 bits per heavy atom. The van der Waals surface area contributed by atoms with Gasteiger partial charge in [-0.3, -0.25) is 4.79 Å². The molecule has 152 valence electrons. The maximum atomic E-state index is 12.5. The van der Waals surface area contributed by atoms with Crippen LogP contribution in [0.4, 0.5) is 0 Å². The first-order valence-corrected chi connectivity index (χ1v) is 9.68. The Labute approximate surface area is 171 Å². The number of rotatable bonds is 2. The van der Waals surface area contributed by atoms with Crippen LogP contribution in [0, 0.1) is 5.41 Å². The SMILES string of the molecule is CC(C)(C)[C@@H]1Cc2c(oc3cc(-c4cnco4)ccc23)-c2cc(=O)c(C(=O)O)cn21. The first-order chi connectivity index (χ1) is 14.2. The van der Waals surface area contributed by atoms with Crippen LogP contribution in [0.3, 0.4) is 0 Å². The zero-order valence-electron chi connectivity index (χ0n) is 16.8. The highest BCUT2D eigenvalue weighted by molar-refractivity contribution is 5.91. The lowest BCUT2D eigenvalue weighted by Crippen LogP contribution is -2.32. The van der Waals surface area contributed by atoms with Gasteiger partial charge in [0.05, 0.1) is 11.9 Å². The summed E-state index contributed by atoms with van der Waals surface area (Å²) in [6.07, 6.45) is 5.14. The Bertz CT molecular complexity index is 1350. The normalized spacial score (nSPS) is 15.8. The molecule has 0 saturated heterocycles. The Morgan fingerprint density at radius 2 is 2.07 bits per heavy atom. The molecule has 1 aliphatic heterocycles. The second kappa shape index (κ2) is 6.19. The van der Waals surface area contributed by atoms with Crippen molar-refractivity contribution in [1.82, 2.24) is 9.55 Å². The minimum absolute atomic E-state index is 0.0338. The Balaban J connectivity index is 1.77. The van der Waals surface area contributed by atoms with Gasteiger partial charge >= 0.3 is 5.97 Å². The van der Waals surface area contributed by atoms with Gasteiger partial charge in [-0.05, 0) is 17.9 Å². The van der Waals surface area contributed by atoms with Crippen LogP contribution < -0.4 is 5.43 Å². The summed E-state index contributed by atoms with van der Waals surface area (Å²) < 4.78 is 13.5. The lowest BCUT2D eigenvalue weighted by molar-refractivity contribution is 0.0693. The number of aromatic carboxylic acids is 1. The molecule has 0 fully saturated rings. The van der Waals surface area contributed by atoms with Gasteiger partial charge < -0.3 is 18.5 Å². The van der Waals surface area contributed by atoms with Crippen LogP contribution in [-0.2, 0) is 6.42 Å². The second-order valence-electron chi connectivity index (χ2n) is 8.72. The number of oxazole rings is 1. The lowest BCUT2D eigenvalue weighted by atomic mass is 9.79. The molecule has 1 aliphatic rings. The second-order valence-corrected chi connectivity index (χ2v) is 8.72. The zero-order chi connectivity index (χ0) is 21.2. The molecule has 1 N–H and O–H groups in total. The van der Waals surface area contributed by atoms with E-state index in [0.29, 0.717) is 29.2 Å². The first-order valence-electron chi connectivity index (χ1n) is 9.68. The highest BCUT2D eigenvalue weighted by atomic mass is 16.4. The topological polar surface area (TPSA) is 98.5 Å². The van der Waals surface area contributed by atoms with Crippen molar-refractivity contribution in [3.05, 3.63) is 64.4 Å². The number of carbonyl (C=O) groups is 1. The van der Waals surface area contributed by atoms with Crippen molar-refractivity contribution < 1.29 is 18.7 Å². The summed E-state index contributed by atoms with van der Waals surface area (Å²) in [5, 5.41) is 10.4. The van der Waals surface area contributed by atoms with Crippen molar-refractivity contribution in [2.45, 2.75) is 33.2 Å². The van der Waals surface area contributed by atoms with Gasteiger partial charge in [-0.15, -0.1) is 0 Å². The van der Waals surface area contributed by atoms with Crippen molar-refractivity contribution in [2.75, 3.05) is 0 Å². The molecular weight excluding hydrogens is 384 g/mol. The molecule has 4 aromatic rings. The van der Waals surface area contributed by atoms with Crippen molar-refractivity contribution in [1.29, 1.82) is 0 Å². The maximum absolute atomic E-state index is 12.5. The van der Waals surface area contributed by atoms with Crippen LogP contribution in [0.5, 0.6) is 0 Å². The maximum Gasteiger partial charge on any atom is 0.341 e. The van der Waals surface area contributed by atoms with E-state index < -0.39 is 11.4 Å². The Kier molecular flexibility index (Phi) is 3.80. The molecule has 0 bridgehead atoms. The minimum Gasteiger partial charge on any atom is -0.477 e. The number of hydrogen-bond donors (Lipinski definition) is 1. The van der Waals surface area contributed by atoms with Gasteiger partial charge in [-0.2, -0.15) is 0 Å². The molecule has 4 heterocycles. The summed E-state index contributed by atoms with van der Waals surface area (Å²) in [6.45, 7) is 6.32. The highest BCUT2D eigenvalue weighted by Crippen LogP contribution is 2.46. The van der Waals surface area contributed by atoms with E-state index in [1.807, 2.05) is 22.8 Å². The Hall–Kier alpha value is -3.61. The van der Waals surface area contributed by atoms with Crippen LogP contribution in [0.15, 0.2) is 56.7 Å². The van der Waals surface area contributed by atoms with Crippen LogP contribution >= 0.6 is 0 Å². The summed E-state index contributed by atoms with van der Waals surface area (Å²) in [5.74, 6) is 0.0193. The molecule has 1 atom stereocenters. The van der Waals surface area contributed by atoms with E-state index in [4.69, 9.17) is 8.83 Å². The highest BCUT2D eigenvalue weighted by Gasteiger charge is 2.36. The quantitative estimate of drug-likeness (QED) is 0.517. The first kappa shape index (κ1) is 18.4. The van der Waals surface area contributed by atoms with Crippen LogP contribution in [0.2, 0.25) is 0 Å². The molecule has 1 aromatic carbocycles. The smallest absolute Gasteiger partial charge is 0.341 e. The van der Waals surface area contributed by atoms with Gasteiger partial charge in [0, 0.05) is 34.8 Å². The monoisotopic (exact) mass is 404 g/mol. The number of pyridine rings is 1. The van der Waals surface area contributed by atoms with Gasteiger partial charge in [-0.25, -0.2) is 9.78 Å². The third-order valence-corrected chi connectivity index (χ3v) is 5.79. The molecular formula is C23H20N2O5. The summed E-state index contributed by atoms with van der Waals surface area (Å²) in [6, 6.07) is 7.19. The zero-order valence-corrected chi connectivity index (χ0v) is 16.8. The molecule has 0 amide bonds. The predicted octanol–water partition coefficient (Wildman–Crippen LogP) is 4.76. The van der Waals surface area contributed by atoms with E-state index in [2.05, 4.69) is 25.8 Å². The molecule has 5 rings (SSSR count). The van der Waals surface area contributed by atoms with E-state index in [1.54, 1.807) is 6.20 Å². The molecule has 7 heteroatoms. The van der Waals surface area contributed by atoms with Crippen LogP contribution in [0.1, 0.15) is 42.7 Å². The van der Waals surface area contributed by atoms with Crippen molar-refractivity contribution in [3.63, 3.8) is 0 Å². The summed E-state index contributed by atoms with van der Waals surface area (Å²) in [7, 11) is 0. The van der Waals surface area contributed by atoms with E-state index in [0.717, 1.165) is 16.5 Å². The average Bonchev–Trinajstić information content (AvgIpc) is 3.33. The molecule has 0 spiro atoms. The summed E-state index contributed by atoms with van der Waals surface area (Å²) in [4.78, 5) is 28.0. The van der Waals surface area contributed by atoms with Gasteiger partial charge in [0.1, 0.15) is 11.1 Å². The van der Waals surface area contributed by atoms with E-state index in [1.165, 1.54) is 18.7 Å². The summed E-state index contributed by atoms with van der Waals surface area (Å²) >= 11 is 0. The van der Waals surface area contributed by atoms with E-state index in [-0.39, 0.29) is 17.0 Å². The van der Waals surface area contributed by atoms with Gasteiger partial charge in [0.25, 0.3) is 0 Å². The lowest BCUT2D eigenvalue weighted by Gasteiger charge is -2.37. The fourth-order valence-electron chi connectivity index (χ4n) is 4.24. The molecule has 0 unspecified atom stereocenters. The average molecular weight is 404 g/mol. The molecule has 3 aromatic heterocycles. The predicted molar refractivity (Wildman–Crippen MR) is 111 cm³/mol. The fourth-order valence-corrected chi connectivity index (χ4v) is 4.24. The summed E-state index contributed by atoms with van der Waals surface area (Å²) in [5.41, 5.74) is 2.22. The van der Waals surface area contributed by atoms with Crippen molar-refractivity contribution >= 4 is 16.9 Å². The third-order valence-electron chi connectivity index (χ3n) is 5.79. The van der Waals surface area contributed by atoms with Gasteiger partial charge in [0.2, 0.25) is 0 Å². The van der Waals surface area contributed by atoms with Crippen LogP contribution in [-0.4, -0.2) is 20.6 Å². The number of aromatic nitrogens is 2. The number of furan rings is 1. The van der Waals surface area contributed by atoms with E-state index in [9.17, 15) is 14.7 Å².